The highest BCUT2D eigenvalue weighted by Gasteiger charge is 2.43. The van der Waals surface area contributed by atoms with Crippen LogP contribution in [-0.2, 0) is 10.3 Å². The summed E-state index contributed by atoms with van der Waals surface area (Å²) in [6, 6.07) is 21.9. The summed E-state index contributed by atoms with van der Waals surface area (Å²) < 4.78 is 5.77. The van der Waals surface area contributed by atoms with Gasteiger partial charge < -0.3 is 4.74 Å². The molecule has 0 saturated carbocycles. The first-order valence-corrected chi connectivity index (χ1v) is 7.01. The summed E-state index contributed by atoms with van der Waals surface area (Å²) in [5.74, 6) is -0.249. The molecule has 1 atom stereocenters. The number of carbonyl (C=O) groups is 1. The van der Waals surface area contributed by atoms with E-state index in [4.69, 9.17) is 4.74 Å². The lowest BCUT2D eigenvalue weighted by Crippen LogP contribution is -2.23. The van der Waals surface area contributed by atoms with Crippen molar-refractivity contribution in [1.82, 2.24) is 0 Å². The molecule has 102 valence electrons. The Morgan fingerprint density at radius 1 is 0.810 bits per heavy atom. The molecule has 0 spiro atoms. The van der Waals surface area contributed by atoms with Gasteiger partial charge in [-0.15, -0.1) is 0 Å². The number of esters is 1. The zero-order valence-electron chi connectivity index (χ0n) is 11.7. The largest absolute Gasteiger partial charge is 0.446 e. The van der Waals surface area contributed by atoms with Crippen LogP contribution in [0.5, 0.6) is 0 Å². The molecule has 0 unspecified atom stereocenters. The maximum Gasteiger partial charge on any atom is 0.339 e. The van der Waals surface area contributed by atoms with E-state index in [1.807, 2.05) is 55.5 Å². The maximum absolute atomic E-state index is 12.2. The zero-order valence-corrected chi connectivity index (χ0v) is 11.7. The minimum absolute atomic E-state index is 0.249. The van der Waals surface area contributed by atoms with Crippen molar-refractivity contribution in [3.8, 4) is 0 Å². The van der Waals surface area contributed by atoms with E-state index in [1.165, 1.54) is 0 Å². The van der Waals surface area contributed by atoms with Crippen molar-refractivity contribution in [3.05, 3.63) is 83.4 Å². The van der Waals surface area contributed by atoms with E-state index in [9.17, 15) is 4.79 Å². The van der Waals surface area contributed by atoms with Gasteiger partial charge in [0.25, 0.3) is 0 Å². The van der Waals surface area contributed by atoms with Crippen LogP contribution < -0.4 is 0 Å². The second kappa shape index (κ2) is 4.19. The van der Waals surface area contributed by atoms with Gasteiger partial charge in [0.15, 0.2) is 5.60 Å². The molecule has 1 aliphatic rings. The van der Waals surface area contributed by atoms with Gasteiger partial charge in [-0.3, -0.25) is 0 Å². The van der Waals surface area contributed by atoms with Crippen molar-refractivity contribution >= 4 is 16.7 Å². The summed E-state index contributed by atoms with van der Waals surface area (Å²) in [4.78, 5) is 12.2. The number of hydrogen-bond donors (Lipinski definition) is 0. The first kappa shape index (κ1) is 12.2. The van der Waals surface area contributed by atoms with Gasteiger partial charge >= 0.3 is 5.97 Å². The number of rotatable bonds is 1. The molecule has 0 amide bonds. The van der Waals surface area contributed by atoms with E-state index in [-0.39, 0.29) is 5.97 Å². The molecule has 3 aromatic rings. The first-order valence-electron chi connectivity index (χ1n) is 7.01. The molecule has 0 aliphatic carbocycles. The van der Waals surface area contributed by atoms with Crippen molar-refractivity contribution in [2.75, 3.05) is 0 Å². The monoisotopic (exact) mass is 274 g/mol. The quantitative estimate of drug-likeness (QED) is 0.619. The number of ether oxygens (including phenoxy) is 1. The molecule has 0 N–H and O–H groups in total. The minimum atomic E-state index is -0.728. The fraction of sp³-hybridized carbons (Fsp3) is 0.105. The highest BCUT2D eigenvalue weighted by molar-refractivity contribution is 5.97. The van der Waals surface area contributed by atoms with Gasteiger partial charge in [-0.2, -0.15) is 0 Å². The van der Waals surface area contributed by atoms with Gasteiger partial charge in [-0.25, -0.2) is 4.79 Å². The maximum atomic E-state index is 12.2. The summed E-state index contributed by atoms with van der Waals surface area (Å²) in [7, 11) is 0. The lowest BCUT2D eigenvalue weighted by Gasteiger charge is -2.26. The molecule has 0 aromatic heterocycles. The van der Waals surface area contributed by atoms with Crippen molar-refractivity contribution in [2.45, 2.75) is 12.5 Å². The standard InChI is InChI=1S/C19H14O2/c1-19(17-11-5-4-10-15(17)18(20)21-19)16-12-6-8-13-7-2-3-9-14(13)16/h2-12H,1H3/t19-/m1/s1. The minimum Gasteiger partial charge on any atom is -0.446 e. The number of cyclic esters (lactones) is 1. The third-order valence-electron chi connectivity index (χ3n) is 4.26. The van der Waals surface area contributed by atoms with Crippen LogP contribution in [0.2, 0.25) is 0 Å². The predicted molar refractivity (Wildman–Crippen MR) is 82.3 cm³/mol. The Hall–Kier alpha value is -2.61. The van der Waals surface area contributed by atoms with Gasteiger partial charge in [0.05, 0.1) is 5.56 Å². The Morgan fingerprint density at radius 3 is 2.38 bits per heavy atom. The van der Waals surface area contributed by atoms with E-state index >= 15 is 0 Å². The summed E-state index contributed by atoms with van der Waals surface area (Å²) in [5, 5.41) is 2.27. The van der Waals surface area contributed by atoms with Gasteiger partial charge in [-0.05, 0) is 23.8 Å². The molecule has 1 heterocycles. The molecule has 2 nitrogen and oxygen atoms in total. The van der Waals surface area contributed by atoms with Gasteiger partial charge in [0.2, 0.25) is 0 Å². The molecule has 3 aromatic carbocycles. The summed E-state index contributed by atoms with van der Waals surface area (Å²) >= 11 is 0. The summed E-state index contributed by atoms with van der Waals surface area (Å²) in [5.41, 5.74) is 1.90. The SMILES string of the molecule is C[C@]1(c2cccc3ccccc23)OC(=O)c2ccccc21. The Balaban J connectivity index is 2.03. The van der Waals surface area contributed by atoms with Crippen molar-refractivity contribution in [1.29, 1.82) is 0 Å². The predicted octanol–water partition coefficient (Wildman–Crippen LogP) is 4.27. The van der Waals surface area contributed by atoms with Crippen LogP contribution in [0, 0.1) is 0 Å². The molecular weight excluding hydrogens is 260 g/mol. The first-order chi connectivity index (χ1) is 10.2. The van der Waals surface area contributed by atoms with Crippen LogP contribution in [0.3, 0.4) is 0 Å². The highest BCUT2D eigenvalue weighted by Crippen LogP contribution is 2.43. The zero-order chi connectivity index (χ0) is 14.4. The third-order valence-corrected chi connectivity index (χ3v) is 4.26. The Labute approximate surface area is 123 Å². The summed E-state index contributed by atoms with van der Waals surface area (Å²) in [6.07, 6.45) is 0. The van der Waals surface area contributed by atoms with Crippen LogP contribution >= 0.6 is 0 Å². The van der Waals surface area contributed by atoms with E-state index in [1.54, 1.807) is 0 Å². The second-order valence-electron chi connectivity index (χ2n) is 5.50. The fourth-order valence-electron chi connectivity index (χ4n) is 3.21. The molecule has 1 aliphatic heterocycles. The Bertz CT molecular complexity index is 861. The van der Waals surface area contributed by atoms with E-state index < -0.39 is 5.60 Å². The molecule has 0 fully saturated rings. The average Bonchev–Trinajstić information content (AvgIpc) is 2.80. The van der Waals surface area contributed by atoms with Gasteiger partial charge in [-0.1, -0.05) is 60.7 Å². The molecular formula is C19H14O2. The lowest BCUT2D eigenvalue weighted by molar-refractivity contribution is 0.0185. The van der Waals surface area contributed by atoms with Crippen LogP contribution in [0.15, 0.2) is 66.7 Å². The van der Waals surface area contributed by atoms with Crippen LogP contribution in [0.4, 0.5) is 0 Å². The lowest BCUT2D eigenvalue weighted by atomic mass is 9.84. The molecule has 21 heavy (non-hydrogen) atoms. The number of benzene rings is 3. The van der Waals surface area contributed by atoms with Crippen LogP contribution in [0.1, 0.15) is 28.4 Å². The number of carbonyl (C=O) groups excluding carboxylic acids is 1. The molecule has 2 heteroatoms. The Kier molecular flexibility index (Phi) is 2.43. The Morgan fingerprint density at radius 2 is 1.48 bits per heavy atom. The average molecular weight is 274 g/mol. The highest BCUT2D eigenvalue weighted by atomic mass is 16.6. The van der Waals surface area contributed by atoms with Crippen LogP contribution in [0.25, 0.3) is 10.8 Å². The summed E-state index contributed by atoms with van der Waals surface area (Å²) in [6.45, 7) is 1.97. The van der Waals surface area contributed by atoms with Gasteiger partial charge in [0.1, 0.15) is 0 Å². The van der Waals surface area contributed by atoms with Gasteiger partial charge in [0, 0.05) is 11.1 Å². The normalized spacial score (nSPS) is 20.3. The van der Waals surface area contributed by atoms with Crippen molar-refractivity contribution in [2.24, 2.45) is 0 Å². The van der Waals surface area contributed by atoms with E-state index in [0.29, 0.717) is 5.56 Å². The second-order valence-corrected chi connectivity index (χ2v) is 5.50. The molecule has 0 bridgehead atoms. The smallest absolute Gasteiger partial charge is 0.339 e. The van der Waals surface area contributed by atoms with Crippen molar-refractivity contribution < 1.29 is 9.53 Å². The topological polar surface area (TPSA) is 26.3 Å². The number of hydrogen-bond acceptors (Lipinski definition) is 2. The molecule has 4 rings (SSSR count). The molecule has 0 radical (unpaired) electrons. The fourth-order valence-corrected chi connectivity index (χ4v) is 3.21. The van der Waals surface area contributed by atoms with Crippen LogP contribution in [-0.4, -0.2) is 5.97 Å². The van der Waals surface area contributed by atoms with E-state index in [0.717, 1.165) is 21.9 Å². The third kappa shape index (κ3) is 1.62. The molecule has 0 saturated heterocycles. The number of fused-ring (bicyclic) bond motifs is 2. The van der Waals surface area contributed by atoms with E-state index in [2.05, 4.69) is 18.2 Å². The van der Waals surface area contributed by atoms with Crippen molar-refractivity contribution in [3.63, 3.8) is 0 Å².